The van der Waals surface area contributed by atoms with Crippen molar-refractivity contribution in [3.8, 4) is 0 Å². The molecule has 1 heterocycles. The summed E-state index contributed by atoms with van der Waals surface area (Å²) in [6, 6.07) is 2.95. The second kappa shape index (κ2) is 14.2. The maximum atomic E-state index is 13.3. The molecule has 3 rings (SSSR count). The Labute approximate surface area is 233 Å². The predicted octanol–water partition coefficient (Wildman–Crippen LogP) is 6.66. The van der Waals surface area contributed by atoms with Crippen molar-refractivity contribution in [2.24, 2.45) is 0 Å². The maximum Gasteiger partial charge on any atom is 0.423 e. The normalized spacial score (nSPS) is 20.7. The first kappa shape index (κ1) is 31.0. The predicted molar refractivity (Wildman–Crippen MR) is 149 cm³/mol. The molecule has 0 bridgehead atoms. The van der Waals surface area contributed by atoms with E-state index < -0.39 is 22.4 Å². The third-order valence-electron chi connectivity index (χ3n) is 7.37. The van der Waals surface area contributed by atoms with Gasteiger partial charge in [0.05, 0.1) is 11.0 Å². The fraction of sp³-hybridized carbons (Fsp3) is 0.552. The quantitative estimate of drug-likeness (QED) is 0.140. The van der Waals surface area contributed by atoms with Gasteiger partial charge in [-0.3, -0.25) is 14.9 Å². The number of rotatable bonds is 11. The first-order valence-electron chi connectivity index (χ1n) is 13.9. The van der Waals surface area contributed by atoms with E-state index in [1.165, 1.54) is 6.07 Å². The molecule has 1 aliphatic carbocycles. The van der Waals surface area contributed by atoms with Crippen molar-refractivity contribution >= 4 is 17.3 Å². The van der Waals surface area contributed by atoms with Gasteiger partial charge in [-0.25, -0.2) is 0 Å². The molecule has 0 atom stereocenters. The number of piperazine rings is 1. The second-order valence-corrected chi connectivity index (χ2v) is 10.2. The molecule has 0 aromatic heterocycles. The van der Waals surface area contributed by atoms with Gasteiger partial charge in [0.2, 0.25) is 5.91 Å². The number of hydrogen-bond donors (Lipinski definition) is 1. The highest BCUT2D eigenvalue weighted by molar-refractivity contribution is 5.76. The van der Waals surface area contributed by atoms with Crippen molar-refractivity contribution in [3.63, 3.8) is 0 Å². The van der Waals surface area contributed by atoms with Crippen LogP contribution in [0, 0.1) is 10.1 Å². The first-order chi connectivity index (χ1) is 19.0. The summed E-state index contributed by atoms with van der Waals surface area (Å²) in [6.45, 7) is 10.7. The average molecular weight is 565 g/mol. The Bertz CT molecular complexity index is 1100. The molecule has 1 aromatic carbocycles. The van der Waals surface area contributed by atoms with Gasteiger partial charge >= 0.3 is 6.18 Å². The second-order valence-electron chi connectivity index (χ2n) is 10.2. The number of ether oxygens (including phenoxy) is 1. The van der Waals surface area contributed by atoms with Gasteiger partial charge in [0.25, 0.3) is 5.69 Å². The van der Waals surface area contributed by atoms with Crippen LogP contribution < -0.4 is 5.32 Å². The number of alkyl halides is 3. The van der Waals surface area contributed by atoms with Gasteiger partial charge in [0.15, 0.2) is 0 Å². The lowest BCUT2D eigenvalue weighted by atomic mass is 9.92. The molecule has 2 aliphatic rings. The third-order valence-corrected chi connectivity index (χ3v) is 7.37. The summed E-state index contributed by atoms with van der Waals surface area (Å²) in [7, 11) is 0. The highest BCUT2D eigenvalue weighted by Crippen LogP contribution is 2.38. The van der Waals surface area contributed by atoms with Crippen LogP contribution in [-0.2, 0) is 15.7 Å². The Morgan fingerprint density at radius 1 is 1.18 bits per heavy atom. The van der Waals surface area contributed by atoms with Gasteiger partial charge in [-0.1, -0.05) is 19.9 Å². The highest BCUT2D eigenvalue weighted by atomic mass is 19.4. The van der Waals surface area contributed by atoms with E-state index in [4.69, 9.17) is 4.74 Å². The number of carbonyl (C=O) groups excluding carboxylic acids is 1. The molecule has 1 saturated heterocycles. The van der Waals surface area contributed by atoms with Crippen molar-refractivity contribution in [2.45, 2.75) is 77.1 Å². The minimum atomic E-state index is -4.81. The van der Waals surface area contributed by atoms with E-state index in [1.807, 2.05) is 24.0 Å². The Morgan fingerprint density at radius 3 is 2.38 bits per heavy atom. The molecule has 0 radical (unpaired) electrons. The molecule has 2 fully saturated rings. The highest BCUT2D eigenvalue weighted by Gasteiger charge is 2.38. The molecular weight excluding hydrogens is 525 g/mol. The number of benzene rings is 1. The summed E-state index contributed by atoms with van der Waals surface area (Å²) in [6.07, 6.45) is 6.10. The van der Waals surface area contributed by atoms with Crippen LogP contribution in [0.5, 0.6) is 0 Å². The Kier molecular flexibility index (Phi) is 11.0. The fourth-order valence-corrected chi connectivity index (χ4v) is 5.08. The van der Waals surface area contributed by atoms with Crippen LogP contribution in [0.1, 0.15) is 64.4 Å². The van der Waals surface area contributed by atoms with Gasteiger partial charge in [-0.15, -0.1) is 0 Å². The van der Waals surface area contributed by atoms with E-state index >= 15 is 0 Å². The van der Waals surface area contributed by atoms with E-state index in [0.29, 0.717) is 45.2 Å². The fourth-order valence-electron chi connectivity index (χ4n) is 5.08. The smallest absolute Gasteiger partial charge is 0.423 e. The van der Waals surface area contributed by atoms with E-state index in [-0.39, 0.29) is 23.7 Å². The number of halogens is 3. The summed E-state index contributed by atoms with van der Waals surface area (Å²) >= 11 is 0. The summed E-state index contributed by atoms with van der Waals surface area (Å²) in [5.74, 6) is 0.931. The monoisotopic (exact) mass is 564 g/mol. The number of nitro groups is 1. The van der Waals surface area contributed by atoms with Crippen LogP contribution in [0.15, 0.2) is 54.5 Å². The Hall–Kier alpha value is -3.50. The van der Waals surface area contributed by atoms with Crippen LogP contribution in [0.4, 0.5) is 24.5 Å². The number of unbranched alkanes of at least 4 members (excludes halogenated alkanes) is 1. The minimum absolute atomic E-state index is 0.0396. The van der Waals surface area contributed by atoms with Gasteiger partial charge in [-0.2, -0.15) is 13.2 Å². The number of anilines is 1. The molecular formula is C29H39F3N4O4. The standard InChI is InChI=1S/C29H39F3N4O4/c1-4-7-8-28(37)35-17-15-34(16-18-35)23(5-2)20-24(6-3)40-25-12-9-21(10-13-25)33-22-11-14-27(36(38)39)26(19-22)29(30,31)32/h5-6,11,14,19-21,25,33H,2,4,7-10,12-13,15-18H2,1,3H3/b23-20+,24-6+/t21-,25-. The zero-order chi connectivity index (χ0) is 29.3. The topological polar surface area (TPSA) is 87.9 Å². The number of nitrogens with one attached hydrogen (secondary N) is 1. The number of allylic oxidation sites excluding steroid dienone is 3. The molecule has 1 aromatic rings. The summed E-state index contributed by atoms with van der Waals surface area (Å²) in [5.41, 5.74) is -1.07. The van der Waals surface area contributed by atoms with Gasteiger partial charge in [-0.05, 0) is 63.3 Å². The van der Waals surface area contributed by atoms with Crippen LogP contribution >= 0.6 is 0 Å². The lowest BCUT2D eigenvalue weighted by Crippen LogP contribution is -2.48. The molecule has 8 nitrogen and oxygen atoms in total. The zero-order valence-electron chi connectivity index (χ0n) is 23.2. The van der Waals surface area contributed by atoms with E-state index in [1.54, 1.807) is 6.08 Å². The van der Waals surface area contributed by atoms with Crippen LogP contribution in [0.2, 0.25) is 0 Å². The SMILES string of the molecule is C=C/C(=C\C(=C/C)O[C@H]1CC[C@H](Nc2ccc([N+](=O)[O-])c(C(F)(F)F)c2)CC1)N1CCN(C(=O)CCCC)CC1. The van der Waals surface area contributed by atoms with Crippen molar-refractivity contribution < 1.29 is 27.6 Å². The molecule has 1 N–H and O–H groups in total. The van der Waals surface area contributed by atoms with E-state index in [2.05, 4.69) is 23.7 Å². The Balaban J connectivity index is 1.53. The minimum Gasteiger partial charge on any atom is -0.491 e. The number of nitro benzene ring substituents is 1. The van der Waals surface area contributed by atoms with E-state index in [9.17, 15) is 28.1 Å². The van der Waals surface area contributed by atoms with Crippen molar-refractivity contribution in [2.75, 3.05) is 31.5 Å². The maximum absolute atomic E-state index is 13.3. The largest absolute Gasteiger partial charge is 0.491 e. The number of nitrogens with zero attached hydrogens (tertiary/aromatic N) is 3. The molecule has 220 valence electrons. The lowest BCUT2D eigenvalue weighted by Gasteiger charge is -2.37. The third kappa shape index (κ3) is 8.50. The molecule has 1 aliphatic heterocycles. The van der Waals surface area contributed by atoms with Crippen molar-refractivity contribution in [1.82, 2.24) is 9.80 Å². The average Bonchev–Trinajstić information content (AvgIpc) is 2.94. The molecule has 11 heteroatoms. The van der Waals surface area contributed by atoms with Crippen LogP contribution in [-0.4, -0.2) is 59.0 Å². The van der Waals surface area contributed by atoms with Gasteiger partial charge in [0, 0.05) is 62.2 Å². The van der Waals surface area contributed by atoms with Crippen molar-refractivity contribution in [1.29, 1.82) is 0 Å². The summed E-state index contributed by atoms with van der Waals surface area (Å²) < 4.78 is 46.2. The van der Waals surface area contributed by atoms with Gasteiger partial charge < -0.3 is 19.9 Å². The van der Waals surface area contributed by atoms with E-state index in [0.717, 1.165) is 49.5 Å². The number of carbonyl (C=O) groups is 1. The number of amides is 1. The van der Waals surface area contributed by atoms with Crippen LogP contribution in [0.3, 0.4) is 0 Å². The molecule has 0 spiro atoms. The zero-order valence-corrected chi connectivity index (χ0v) is 23.2. The number of hydrogen-bond acceptors (Lipinski definition) is 6. The molecule has 0 unspecified atom stereocenters. The molecule has 40 heavy (non-hydrogen) atoms. The van der Waals surface area contributed by atoms with Crippen molar-refractivity contribution in [3.05, 3.63) is 70.1 Å². The molecule has 1 saturated carbocycles. The lowest BCUT2D eigenvalue weighted by molar-refractivity contribution is -0.388. The Morgan fingerprint density at radius 2 is 1.82 bits per heavy atom. The first-order valence-corrected chi connectivity index (χ1v) is 13.9. The van der Waals surface area contributed by atoms with Gasteiger partial charge in [0.1, 0.15) is 11.3 Å². The van der Waals surface area contributed by atoms with Crippen LogP contribution in [0.25, 0.3) is 0 Å². The summed E-state index contributed by atoms with van der Waals surface area (Å²) in [4.78, 5) is 26.4. The summed E-state index contributed by atoms with van der Waals surface area (Å²) in [5, 5.41) is 14.1. The molecule has 1 amide bonds.